The van der Waals surface area contributed by atoms with Crippen molar-refractivity contribution in [2.24, 2.45) is 0 Å². The summed E-state index contributed by atoms with van der Waals surface area (Å²) in [6.45, 7) is 1.03. The van der Waals surface area contributed by atoms with Crippen LogP contribution in [-0.2, 0) is 0 Å². The molecule has 1 unspecified atom stereocenters. The van der Waals surface area contributed by atoms with Gasteiger partial charge < -0.3 is 14.8 Å². The van der Waals surface area contributed by atoms with Gasteiger partial charge in [-0.15, -0.1) is 0 Å². The Kier molecular flexibility index (Phi) is 3.56. The zero-order valence-electron chi connectivity index (χ0n) is 9.55. The number of hydrogen-bond donors (Lipinski definition) is 1. The van der Waals surface area contributed by atoms with Crippen LogP contribution in [0.3, 0.4) is 0 Å². The van der Waals surface area contributed by atoms with Crippen LogP contribution in [0.15, 0.2) is 12.1 Å². The summed E-state index contributed by atoms with van der Waals surface area (Å²) in [5.41, 5.74) is 1.01. The number of ether oxygens (including phenoxy) is 2. The Morgan fingerprint density at radius 2 is 1.94 bits per heavy atom. The van der Waals surface area contributed by atoms with E-state index >= 15 is 0 Å². The molecule has 0 radical (unpaired) electrons. The van der Waals surface area contributed by atoms with E-state index in [0.29, 0.717) is 10.8 Å². The maximum atomic E-state index is 6.33. The molecule has 1 atom stereocenters. The number of methoxy groups -OCH3 is 2. The third kappa shape index (κ3) is 1.97. The van der Waals surface area contributed by atoms with Gasteiger partial charge in [0.2, 0.25) is 0 Å². The molecular weight excluding hydrogens is 226 g/mol. The molecule has 0 aliphatic carbocycles. The van der Waals surface area contributed by atoms with E-state index in [1.54, 1.807) is 14.2 Å². The number of nitrogens with one attached hydrogen (secondary N) is 1. The van der Waals surface area contributed by atoms with Crippen LogP contribution in [0.1, 0.15) is 24.4 Å². The Bertz CT molecular complexity index is 376. The smallest absolute Gasteiger partial charge is 0.138 e. The summed E-state index contributed by atoms with van der Waals surface area (Å²) in [6.07, 6.45) is 2.25. The molecule has 4 heteroatoms. The molecule has 1 aliphatic heterocycles. The standard InChI is InChI=1S/C12H16ClNO2/c1-15-9-5-6-10(16-2)12(13)11(9)8-4-3-7-14-8/h5-6,8,14H,3-4,7H2,1-2H3. The van der Waals surface area contributed by atoms with Crippen molar-refractivity contribution in [3.63, 3.8) is 0 Å². The van der Waals surface area contributed by atoms with E-state index in [2.05, 4.69) is 5.32 Å². The lowest BCUT2D eigenvalue weighted by molar-refractivity contribution is 0.393. The summed E-state index contributed by atoms with van der Waals surface area (Å²) < 4.78 is 10.6. The van der Waals surface area contributed by atoms with Gasteiger partial charge in [-0.25, -0.2) is 0 Å². The molecule has 0 spiro atoms. The van der Waals surface area contributed by atoms with Gasteiger partial charge in [0.1, 0.15) is 11.5 Å². The second-order valence-electron chi connectivity index (χ2n) is 3.85. The highest BCUT2D eigenvalue weighted by Gasteiger charge is 2.24. The lowest BCUT2D eigenvalue weighted by atomic mass is 10.0. The molecule has 1 fully saturated rings. The quantitative estimate of drug-likeness (QED) is 0.883. The SMILES string of the molecule is COc1ccc(OC)c(C2CCCN2)c1Cl. The highest BCUT2D eigenvalue weighted by atomic mass is 35.5. The van der Waals surface area contributed by atoms with Crippen molar-refractivity contribution in [2.75, 3.05) is 20.8 Å². The predicted molar refractivity (Wildman–Crippen MR) is 64.5 cm³/mol. The Labute approximate surface area is 101 Å². The minimum Gasteiger partial charge on any atom is -0.496 e. The number of hydrogen-bond acceptors (Lipinski definition) is 3. The summed E-state index contributed by atoms with van der Waals surface area (Å²) >= 11 is 6.33. The highest BCUT2D eigenvalue weighted by Crippen LogP contribution is 2.41. The third-order valence-corrected chi connectivity index (χ3v) is 3.34. The van der Waals surface area contributed by atoms with E-state index in [9.17, 15) is 0 Å². The third-order valence-electron chi connectivity index (χ3n) is 2.95. The molecule has 1 aliphatic rings. The van der Waals surface area contributed by atoms with Gasteiger partial charge in [0.05, 0.1) is 19.2 Å². The van der Waals surface area contributed by atoms with Crippen LogP contribution >= 0.6 is 11.6 Å². The van der Waals surface area contributed by atoms with Gasteiger partial charge >= 0.3 is 0 Å². The Morgan fingerprint density at radius 3 is 2.50 bits per heavy atom. The number of halogens is 1. The lowest BCUT2D eigenvalue weighted by Crippen LogP contribution is -2.14. The number of benzene rings is 1. The van der Waals surface area contributed by atoms with Gasteiger partial charge in [-0.05, 0) is 31.5 Å². The van der Waals surface area contributed by atoms with Crippen LogP contribution in [0, 0.1) is 0 Å². The van der Waals surface area contributed by atoms with E-state index in [1.165, 1.54) is 6.42 Å². The summed E-state index contributed by atoms with van der Waals surface area (Å²) in [6, 6.07) is 4.01. The lowest BCUT2D eigenvalue weighted by Gasteiger charge is -2.18. The van der Waals surface area contributed by atoms with Gasteiger partial charge in [0.15, 0.2) is 0 Å². The summed E-state index contributed by atoms with van der Waals surface area (Å²) in [7, 11) is 3.29. The molecule has 0 aromatic heterocycles. The molecular formula is C12H16ClNO2. The molecule has 1 saturated heterocycles. The minimum absolute atomic E-state index is 0.276. The van der Waals surface area contributed by atoms with Crippen LogP contribution in [0.25, 0.3) is 0 Å². The zero-order chi connectivity index (χ0) is 11.5. The molecule has 0 amide bonds. The fourth-order valence-electron chi connectivity index (χ4n) is 2.15. The molecule has 2 rings (SSSR count). The average molecular weight is 242 g/mol. The first-order valence-electron chi connectivity index (χ1n) is 5.41. The van der Waals surface area contributed by atoms with E-state index in [0.717, 1.165) is 24.3 Å². The summed E-state index contributed by atoms with van der Waals surface area (Å²) in [5.74, 6) is 1.52. The molecule has 0 saturated carbocycles. The molecule has 0 bridgehead atoms. The molecule has 16 heavy (non-hydrogen) atoms. The normalized spacial score (nSPS) is 19.8. The van der Waals surface area contributed by atoms with E-state index in [1.807, 2.05) is 12.1 Å². The maximum absolute atomic E-state index is 6.33. The largest absolute Gasteiger partial charge is 0.496 e. The van der Waals surface area contributed by atoms with Gasteiger partial charge in [0.25, 0.3) is 0 Å². The first-order chi connectivity index (χ1) is 7.77. The fourth-order valence-corrected chi connectivity index (χ4v) is 2.51. The van der Waals surface area contributed by atoms with Crippen molar-refractivity contribution in [1.29, 1.82) is 0 Å². The Morgan fingerprint density at radius 1 is 1.25 bits per heavy atom. The molecule has 1 aromatic rings. The maximum Gasteiger partial charge on any atom is 0.138 e. The van der Waals surface area contributed by atoms with Crippen LogP contribution in [0.5, 0.6) is 11.5 Å². The van der Waals surface area contributed by atoms with Crippen LogP contribution < -0.4 is 14.8 Å². The van der Waals surface area contributed by atoms with Crippen LogP contribution in [0.4, 0.5) is 0 Å². The Balaban J connectivity index is 2.45. The highest BCUT2D eigenvalue weighted by molar-refractivity contribution is 6.33. The molecule has 88 valence electrons. The predicted octanol–water partition coefficient (Wildman–Crippen LogP) is 2.78. The van der Waals surface area contributed by atoms with E-state index < -0.39 is 0 Å². The average Bonchev–Trinajstić information content (AvgIpc) is 2.81. The summed E-state index contributed by atoms with van der Waals surface area (Å²) in [4.78, 5) is 0. The van der Waals surface area contributed by atoms with Gasteiger partial charge in [0, 0.05) is 11.6 Å². The topological polar surface area (TPSA) is 30.5 Å². The van der Waals surface area contributed by atoms with Crippen LogP contribution in [-0.4, -0.2) is 20.8 Å². The summed E-state index contributed by atoms with van der Waals surface area (Å²) in [5, 5.41) is 4.07. The van der Waals surface area contributed by atoms with Crippen molar-refractivity contribution in [1.82, 2.24) is 5.32 Å². The van der Waals surface area contributed by atoms with E-state index in [-0.39, 0.29) is 6.04 Å². The van der Waals surface area contributed by atoms with Crippen LogP contribution in [0.2, 0.25) is 5.02 Å². The first kappa shape index (κ1) is 11.6. The van der Waals surface area contributed by atoms with Crippen molar-refractivity contribution in [3.05, 3.63) is 22.7 Å². The monoisotopic (exact) mass is 241 g/mol. The van der Waals surface area contributed by atoms with Crippen molar-refractivity contribution in [3.8, 4) is 11.5 Å². The number of rotatable bonds is 3. The van der Waals surface area contributed by atoms with Crippen molar-refractivity contribution < 1.29 is 9.47 Å². The molecule has 1 heterocycles. The first-order valence-corrected chi connectivity index (χ1v) is 5.79. The molecule has 1 N–H and O–H groups in total. The second kappa shape index (κ2) is 4.93. The molecule has 3 nitrogen and oxygen atoms in total. The molecule has 1 aromatic carbocycles. The van der Waals surface area contributed by atoms with Crippen molar-refractivity contribution in [2.45, 2.75) is 18.9 Å². The zero-order valence-corrected chi connectivity index (χ0v) is 10.3. The Hall–Kier alpha value is -0.930. The van der Waals surface area contributed by atoms with Gasteiger partial charge in [-0.2, -0.15) is 0 Å². The van der Waals surface area contributed by atoms with Gasteiger partial charge in [-0.1, -0.05) is 11.6 Å². The van der Waals surface area contributed by atoms with E-state index in [4.69, 9.17) is 21.1 Å². The second-order valence-corrected chi connectivity index (χ2v) is 4.22. The minimum atomic E-state index is 0.276. The fraction of sp³-hybridized carbons (Fsp3) is 0.500. The van der Waals surface area contributed by atoms with Crippen molar-refractivity contribution >= 4 is 11.6 Å². The van der Waals surface area contributed by atoms with Gasteiger partial charge in [-0.3, -0.25) is 0 Å².